The first-order valence-corrected chi connectivity index (χ1v) is 8.68. The summed E-state index contributed by atoms with van der Waals surface area (Å²) < 4.78 is 28.8. The van der Waals surface area contributed by atoms with Gasteiger partial charge in [-0.3, -0.25) is 9.59 Å². The van der Waals surface area contributed by atoms with Gasteiger partial charge in [0.25, 0.3) is 5.56 Å². The number of benzene rings is 2. The summed E-state index contributed by atoms with van der Waals surface area (Å²) in [5.41, 5.74) is 1.83. The van der Waals surface area contributed by atoms with E-state index in [9.17, 15) is 18.4 Å². The lowest BCUT2D eigenvalue weighted by Gasteiger charge is -2.09. The van der Waals surface area contributed by atoms with E-state index in [0.717, 1.165) is 4.68 Å². The first kappa shape index (κ1) is 18.5. The quantitative estimate of drug-likeness (QED) is 0.576. The topological polar surface area (TPSA) is 81.3 Å². The van der Waals surface area contributed by atoms with E-state index in [1.807, 2.05) is 0 Å². The van der Waals surface area contributed by atoms with Gasteiger partial charge in [-0.2, -0.15) is 10.2 Å². The molecule has 1 N–H and O–H groups in total. The van der Waals surface area contributed by atoms with E-state index >= 15 is 0 Å². The van der Waals surface area contributed by atoms with Crippen LogP contribution in [-0.2, 0) is 11.3 Å². The van der Waals surface area contributed by atoms with Gasteiger partial charge in [-0.1, -0.05) is 6.07 Å². The molecule has 0 atom stereocenters. The van der Waals surface area contributed by atoms with Crippen LogP contribution < -0.4 is 10.9 Å². The van der Waals surface area contributed by atoms with Crippen molar-refractivity contribution in [1.82, 2.24) is 19.4 Å². The Morgan fingerprint density at radius 3 is 2.55 bits per heavy atom. The van der Waals surface area contributed by atoms with E-state index in [2.05, 4.69) is 15.5 Å². The fourth-order valence-corrected chi connectivity index (χ4v) is 2.87. The molecule has 0 radical (unpaired) electrons. The van der Waals surface area contributed by atoms with Crippen molar-refractivity contribution < 1.29 is 13.6 Å². The molecule has 0 fully saturated rings. The van der Waals surface area contributed by atoms with Gasteiger partial charge in [0.05, 0.1) is 5.69 Å². The number of anilines is 1. The number of nitrogens with zero attached hydrogens (tertiary/aromatic N) is 4. The zero-order valence-electron chi connectivity index (χ0n) is 15.3. The number of nitrogens with one attached hydrogen (secondary N) is 1. The van der Waals surface area contributed by atoms with Crippen molar-refractivity contribution in [2.45, 2.75) is 13.5 Å². The van der Waals surface area contributed by atoms with Crippen molar-refractivity contribution in [2.75, 3.05) is 5.32 Å². The summed E-state index contributed by atoms with van der Waals surface area (Å²) in [4.78, 5) is 25.0. The maximum absolute atomic E-state index is 13.4. The summed E-state index contributed by atoms with van der Waals surface area (Å²) in [6, 6.07) is 11.3. The molecule has 4 aromatic rings. The Kier molecular flexibility index (Phi) is 4.63. The van der Waals surface area contributed by atoms with Crippen molar-refractivity contribution in [1.29, 1.82) is 0 Å². The lowest BCUT2D eigenvalue weighted by molar-refractivity contribution is -0.117. The molecule has 0 spiro atoms. The Balaban J connectivity index is 1.60. The zero-order valence-corrected chi connectivity index (χ0v) is 15.3. The minimum atomic E-state index is -0.518. The number of aromatic nitrogens is 4. The first-order chi connectivity index (χ1) is 13.9. The van der Waals surface area contributed by atoms with Crippen molar-refractivity contribution in [3.63, 3.8) is 0 Å². The van der Waals surface area contributed by atoms with Crippen LogP contribution in [0.1, 0.15) is 5.56 Å². The number of carbonyl (C=O) groups excluding carboxylic acids is 1. The smallest absolute Gasteiger partial charge is 0.293 e. The molecule has 0 bridgehead atoms. The Morgan fingerprint density at radius 2 is 1.79 bits per heavy atom. The van der Waals surface area contributed by atoms with Gasteiger partial charge >= 0.3 is 0 Å². The summed E-state index contributed by atoms with van der Waals surface area (Å²) in [5, 5.41) is 10.8. The maximum Gasteiger partial charge on any atom is 0.293 e. The van der Waals surface area contributed by atoms with Gasteiger partial charge in [0.1, 0.15) is 30.0 Å². The van der Waals surface area contributed by atoms with Crippen molar-refractivity contribution >= 4 is 17.1 Å². The average molecular weight is 395 g/mol. The van der Waals surface area contributed by atoms with Crippen LogP contribution in [0.4, 0.5) is 14.5 Å². The van der Waals surface area contributed by atoms with E-state index in [1.165, 1.54) is 35.1 Å². The number of rotatable bonds is 4. The molecule has 1 amide bonds. The van der Waals surface area contributed by atoms with Crippen LogP contribution in [-0.4, -0.2) is 25.3 Å². The molecular weight excluding hydrogens is 380 g/mol. The van der Waals surface area contributed by atoms with Gasteiger partial charge in [-0.15, -0.1) is 0 Å². The average Bonchev–Trinajstić information content (AvgIpc) is 3.13. The highest BCUT2D eigenvalue weighted by molar-refractivity contribution is 5.91. The van der Waals surface area contributed by atoms with E-state index in [0.29, 0.717) is 22.5 Å². The SMILES string of the molecule is Cc1ccc(F)cc1NC(=O)Cn1ncn2nc(-c3ccc(F)cc3)cc2c1=O. The molecular formula is C20H15F2N5O2. The van der Waals surface area contributed by atoms with Crippen LogP contribution in [0.2, 0.25) is 0 Å². The van der Waals surface area contributed by atoms with Crippen molar-refractivity contribution in [2.24, 2.45) is 0 Å². The van der Waals surface area contributed by atoms with Gasteiger partial charge in [0, 0.05) is 11.3 Å². The Hall–Kier alpha value is -3.88. The summed E-state index contributed by atoms with van der Waals surface area (Å²) in [7, 11) is 0. The third kappa shape index (κ3) is 3.75. The molecule has 29 heavy (non-hydrogen) atoms. The zero-order chi connectivity index (χ0) is 20.5. The Morgan fingerprint density at radius 1 is 1.07 bits per heavy atom. The van der Waals surface area contributed by atoms with E-state index in [1.54, 1.807) is 31.2 Å². The number of aryl methyl sites for hydroxylation is 1. The van der Waals surface area contributed by atoms with Gasteiger partial charge in [0.15, 0.2) is 0 Å². The van der Waals surface area contributed by atoms with Gasteiger partial charge in [-0.25, -0.2) is 18.0 Å². The number of hydrogen-bond acceptors (Lipinski definition) is 4. The third-order valence-corrected chi connectivity index (χ3v) is 4.40. The van der Waals surface area contributed by atoms with Crippen LogP contribution in [0.25, 0.3) is 16.8 Å². The number of amides is 1. The molecule has 0 saturated heterocycles. The third-order valence-electron chi connectivity index (χ3n) is 4.40. The molecule has 0 aliphatic carbocycles. The first-order valence-electron chi connectivity index (χ1n) is 8.68. The molecule has 4 rings (SSSR count). The number of halogens is 2. The van der Waals surface area contributed by atoms with Crippen LogP contribution in [0.15, 0.2) is 59.7 Å². The van der Waals surface area contributed by atoms with Crippen molar-refractivity contribution in [3.05, 3.63) is 82.4 Å². The number of carbonyl (C=O) groups is 1. The molecule has 2 aromatic carbocycles. The molecule has 7 nitrogen and oxygen atoms in total. The molecule has 0 aliphatic heterocycles. The predicted molar refractivity (Wildman–Crippen MR) is 102 cm³/mol. The molecule has 2 heterocycles. The monoisotopic (exact) mass is 395 g/mol. The fourth-order valence-electron chi connectivity index (χ4n) is 2.87. The second kappa shape index (κ2) is 7.27. The second-order valence-corrected chi connectivity index (χ2v) is 6.47. The van der Waals surface area contributed by atoms with Crippen LogP contribution in [0.3, 0.4) is 0 Å². The molecule has 9 heteroatoms. The van der Waals surface area contributed by atoms with Gasteiger partial charge in [-0.05, 0) is 55.0 Å². The lowest BCUT2D eigenvalue weighted by atomic mass is 10.1. The Bertz CT molecular complexity index is 1280. The highest BCUT2D eigenvalue weighted by atomic mass is 19.1. The molecule has 0 unspecified atom stereocenters. The fraction of sp³-hybridized carbons (Fsp3) is 0.100. The Labute approximate surface area is 163 Å². The highest BCUT2D eigenvalue weighted by Crippen LogP contribution is 2.19. The lowest BCUT2D eigenvalue weighted by Crippen LogP contribution is -2.30. The summed E-state index contributed by atoms with van der Waals surface area (Å²) in [5.74, 6) is -1.37. The summed E-state index contributed by atoms with van der Waals surface area (Å²) >= 11 is 0. The predicted octanol–water partition coefficient (Wildman–Crippen LogP) is 2.78. The van der Waals surface area contributed by atoms with E-state index < -0.39 is 17.3 Å². The van der Waals surface area contributed by atoms with Gasteiger partial charge < -0.3 is 5.32 Å². The van der Waals surface area contributed by atoms with Crippen molar-refractivity contribution in [3.8, 4) is 11.3 Å². The molecule has 0 aliphatic rings. The van der Waals surface area contributed by atoms with E-state index in [-0.39, 0.29) is 17.9 Å². The minimum absolute atomic E-state index is 0.217. The second-order valence-electron chi connectivity index (χ2n) is 6.47. The highest BCUT2D eigenvalue weighted by Gasteiger charge is 2.13. The largest absolute Gasteiger partial charge is 0.324 e. The van der Waals surface area contributed by atoms with Crippen LogP contribution in [0.5, 0.6) is 0 Å². The number of fused-ring (bicyclic) bond motifs is 1. The maximum atomic E-state index is 13.4. The summed E-state index contributed by atoms with van der Waals surface area (Å²) in [6.07, 6.45) is 1.31. The van der Waals surface area contributed by atoms with E-state index in [4.69, 9.17) is 0 Å². The normalized spacial score (nSPS) is 11.0. The minimum Gasteiger partial charge on any atom is -0.324 e. The standard InChI is InChI=1S/C20H15F2N5O2/c1-12-2-5-15(22)8-16(12)24-19(28)10-26-20(29)18-9-17(25-27(18)11-23-26)13-3-6-14(21)7-4-13/h2-9,11H,10H2,1H3,(H,24,28). The molecule has 146 valence electrons. The molecule has 0 saturated carbocycles. The summed E-state index contributed by atoms with van der Waals surface area (Å²) in [6.45, 7) is 1.39. The number of hydrogen-bond donors (Lipinski definition) is 1. The van der Waals surface area contributed by atoms with Gasteiger partial charge in [0.2, 0.25) is 5.91 Å². The van der Waals surface area contributed by atoms with Crippen LogP contribution in [0, 0.1) is 18.6 Å². The molecule has 2 aromatic heterocycles. The van der Waals surface area contributed by atoms with Crippen LogP contribution >= 0.6 is 0 Å².